The van der Waals surface area contributed by atoms with Crippen molar-refractivity contribution in [2.24, 2.45) is 11.8 Å². The van der Waals surface area contributed by atoms with E-state index >= 15 is 0 Å². The Bertz CT molecular complexity index is 535. The van der Waals surface area contributed by atoms with Gasteiger partial charge in [-0.2, -0.15) is 4.39 Å². The van der Waals surface area contributed by atoms with Crippen molar-refractivity contribution in [2.75, 3.05) is 6.61 Å². The lowest BCUT2D eigenvalue weighted by Gasteiger charge is -2.28. The van der Waals surface area contributed by atoms with E-state index in [1.165, 1.54) is 38.5 Å². The van der Waals surface area contributed by atoms with Crippen LogP contribution < -0.4 is 4.74 Å². The molecule has 1 aliphatic carbocycles. The Labute approximate surface area is 164 Å². The van der Waals surface area contributed by atoms with E-state index in [1.54, 1.807) is 12.1 Å². The molecule has 1 aliphatic rings. The van der Waals surface area contributed by atoms with Crippen LogP contribution in [0.2, 0.25) is 0 Å². The maximum absolute atomic E-state index is 14.3. The minimum absolute atomic E-state index is 0.0786. The molecule has 0 amide bonds. The highest BCUT2D eigenvalue weighted by Crippen LogP contribution is 2.33. The fraction of sp³-hybridized carbons (Fsp3) is 0.750. The lowest BCUT2D eigenvalue weighted by Crippen LogP contribution is -2.20. The lowest BCUT2D eigenvalue weighted by molar-refractivity contribution is 0.172. The first kappa shape index (κ1) is 22.2. The number of ether oxygens (including phenoxy) is 1. The second kappa shape index (κ2) is 12.4. The van der Waals surface area contributed by atoms with Gasteiger partial charge < -0.3 is 4.74 Å². The molecule has 1 nitrogen and oxygen atoms in total. The zero-order chi connectivity index (χ0) is 19.5. The maximum atomic E-state index is 14.3. The first-order chi connectivity index (χ1) is 13.2. The number of halogens is 2. The quantitative estimate of drug-likeness (QED) is 0.335. The van der Waals surface area contributed by atoms with Gasteiger partial charge in [-0.05, 0) is 49.1 Å². The second-order valence-corrected chi connectivity index (χ2v) is 8.35. The number of aryl methyl sites for hydroxylation is 1. The first-order valence-electron chi connectivity index (χ1n) is 11.2. The van der Waals surface area contributed by atoms with Crippen LogP contribution in [0.15, 0.2) is 12.1 Å². The van der Waals surface area contributed by atoms with Crippen molar-refractivity contribution in [1.82, 2.24) is 0 Å². The highest BCUT2D eigenvalue weighted by atomic mass is 19.2. The van der Waals surface area contributed by atoms with Crippen LogP contribution in [0.1, 0.15) is 96.5 Å². The zero-order valence-corrected chi connectivity index (χ0v) is 17.4. The van der Waals surface area contributed by atoms with Gasteiger partial charge in [-0.15, -0.1) is 0 Å². The topological polar surface area (TPSA) is 9.23 Å². The van der Waals surface area contributed by atoms with Crippen molar-refractivity contribution in [2.45, 2.75) is 97.3 Å². The van der Waals surface area contributed by atoms with Crippen molar-refractivity contribution in [3.05, 3.63) is 29.3 Å². The first-order valence-corrected chi connectivity index (χ1v) is 11.2. The van der Waals surface area contributed by atoms with Gasteiger partial charge in [-0.3, -0.25) is 0 Å². The molecule has 0 N–H and O–H groups in total. The third kappa shape index (κ3) is 7.43. The van der Waals surface area contributed by atoms with E-state index in [-0.39, 0.29) is 5.75 Å². The van der Waals surface area contributed by atoms with Crippen molar-refractivity contribution in [3.63, 3.8) is 0 Å². The van der Waals surface area contributed by atoms with Gasteiger partial charge in [-0.1, -0.05) is 77.7 Å². The van der Waals surface area contributed by atoms with Gasteiger partial charge in [-0.25, -0.2) is 4.39 Å². The Hall–Kier alpha value is -1.12. The van der Waals surface area contributed by atoms with Gasteiger partial charge in [0.1, 0.15) is 0 Å². The molecule has 0 heterocycles. The third-order valence-corrected chi connectivity index (χ3v) is 6.08. The van der Waals surface area contributed by atoms with Crippen LogP contribution in [-0.2, 0) is 6.42 Å². The third-order valence-electron chi connectivity index (χ3n) is 6.08. The molecule has 0 radical (unpaired) electrons. The van der Waals surface area contributed by atoms with Crippen LogP contribution in [0.5, 0.6) is 5.75 Å². The lowest BCUT2D eigenvalue weighted by atomic mass is 9.80. The van der Waals surface area contributed by atoms with Gasteiger partial charge in [0.2, 0.25) is 5.82 Å². The molecule has 0 aromatic heterocycles. The summed E-state index contributed by atoms with van der Waals surface area (Å²) in [5.74, 6) is -0.118. The molecular formula is C24H38F2O. The van der Waals surface area contributed by atoms with E-state index in [1.807, 2.05) is 0 Å². The number of hydrogen-bond donors (Lipinski definition) is 0. The summed E-state index contributed by atoms with van der Waals surface area (Å²) in [5.41, 5.74) is 0.476. The molecule has 0 atom stereocenters. The Kier molecular flexibility index (Phi) is 10.2. The van der Waals surface area contributed by atoms with Gasteiger partial charge in [0.15, 0.2) is 11.6 Å². The molecule has 1 saturated carbocycles. The van der Waals surface area contributed by atoms with Gasteiger partial charge in [0, 0.05) is 0 Å². The summed E-state index contributed by atoms with van der Waals surface area (Å²) in [6.45, 7) is 4.90. The Morgan fingerprint density at radius 2 is 1.48 bits per heavy atom. The van der Waals surface area contributed by atoms with E-state index in [2.05, 4.69) is 13.8 Å². The standard InChI is InChI=1S/C24H38F2O/c1-3-5-7-9-11-21-16-17-22(24(26)23(21)25)27-18-20-14-12-19(13-15-20)10-8-6-4-2/h16-17,19-20H,3-15,18H2,1-2H3. The minimum Gasteiger partial charge on any atom is -0.490 e. The summed E-state index contributed by atoms with van der Waals surface area (Å²) in [4.78, 5) is 0. The SMILES string of the molecule is CCCCCCc1ccc(OCC2CCC(CCCCC)CC2)c(F)c1F. The Morgan fingerprint density at radius 3 is 2.19 bits per heavy atom. The van der Waals surface area contributed by atoms with Gasteiger partial charge in [0.25, 0.3) is 0 Å². The van der Waals surface area contributed by atoms with Crippen LogP contribution in [0, 0.1) is 23.5 Å². The molecule has 1 aromatic carbocycles. The van der Waals surface area contributed by atoms with Gasteiger partial charge in [0.05, 0.1) is 6.61 Å². The summed E-state index contributed by atoms with van der Waals surface area (Å²) in [7, 11) is 0. The molecule has 3 heteroatoms. The number of benzene rings is 1. The average molecular weight is 381 g/mol. The van der Waals surface area contributed by atoms with Crippen LogP contribution in [0.25, 0.3) is 0 Å². The van der Waals surface area contributed by atoms with Crippen LogP contribution in [0.4, 0.5) is 8.78 Å². The van der Waals surface area contributed by atoms with Crippen molar-refractivity contribution >= 4 is 0 Å². The molecular weight excluding hydrogens is 342 g/mol. The van der Waals surface area contributed by atoms with Crippen molar-refractivity contribution in [3.8, 4) is 5.75 Å². The van der Waals surface area contributed by atoms with Crippen LogP contribution in [0.3, 0.4) is 0 Å². The summed E-state index contributed by atoms with van der Waals surface area (Å²) in [6, 6.07) is 3.31. The fourth-order valence-electron chi connectivity index (χ4n) is 4.20. The Morgan fingerprint density at radius 1 is 0.815 bits per heavy atom. The molecule has 1 aromatic rings. The smallest absolute Gasteiger partial charge is 0.200 e. The Balaban J connectivity index is 1.75. The largest absolute Gasteiger partial charge is 0.490 e. The van der Waals surface area contributed by atoms with E-state index in [0.29, 0.717) is 24.5 Å². The average Bonchev–Trinajstić information content (AvgIpc) is 2.69. The molecule has 27 heavy (non-hydrogen) atoms. The summed E-state index contributed by atoms with van der Waals surface area (Å²) in [5, 5.41) is 0. The zero-order valence-electron chi connectivity index (χ0n) is 17.4. The van der Waals surface area contributed by atoms with Crippen molar-refractivity contribution < 1.29 is 13.5 Å². The monoisotopic (exact) mass is 380 g/mol. The second-order valence-electron chi connectivity index (χ2n) is 8.35. The summed E-state index contributed by atoms with van der Waals surface area (Å²) < 4.78 is 34.3. The molecule has 154 valence electrons. The normalized spacial score (nSPS) is 20.0. The molecule has 0 aliphatic heterocycles. The molecule has 0 spiro atoms. The van der Waals surface area contributed by atoms with E-state index in [9.17, 15) is 8.78 Å². The fourth-order valence-corrected chi connectivity index (χ4v) is 4.20. The summed E-state index contributed by atoms with van der Waals surface area (Å²) >= 11 is 0. The minimum atomic E-state index is -0.809. The number of unbranched alkanes of at least 4 members (excludes halogenated alkanes) is 5. The van der Waals surface area contributed by atoms with Crippen LogP contribution in [-0.4, -0.2) is 6.61 Å². The van der Waals surface area contributed by atoms with Crippen molar-refractivity contribution in [1.29, 1.82) is 0 Å². The summed E-state index contributed by atoms with van der Waals surface area (Å²) in [6.07, 6.45) is 15.0. The molecule has 0 saturated heterocycles. The molecule has 1 fully saturated rings. The molecule has 0 unspecified atom stereocenters. The molecule has 2 rings (SSSR count). The number of rotatable bonds is 12. The van der Waals surface area contributed by atoms with Crippen LogP contribution >= 0.6 is 0 Å². The number of hydrogen-bond acceptors (Lipinski definition) is 1. The maximum Gasteiger partial charge on any atom is 0.200 e. The predicted octanol–water partition coefficient (Wildman–Crippen LogP) is 7.85. The van der Waals surface area contributed by atoms with E-state index in [4.69, 9.17) is 4.74 Å². The van der Waals surface area contributed by atoms with Gasteiger partial charge >= 0.3 is 0 Å². The predicted molar refractivity (Wildman–Crippen MR) is 109 cm³/mol. The molecule has 0 bridgehead atoms. The van der Waals surface area contributed by atoms with E-state index in [0.717, 1.165) is 44.4 Å². The van der Waals surface area contributed by atoms with E-state index < -0.39 is 11.6 Å². The highest BCUT2D eigenvalue weighted by molar-refractivity contribution is 5.31. The highest BCUT2D eigenvalue weighted by Gasteiger charge is 2.22.